The molecule has 1 aliphatic heterocycles. The molecule has 2 heterocycles. The molecule has 0 saturated carbocycles. The number of ether oxygens (including phenoxy) is 1. The van der Waals surface area contributed by atoms with Crippen molar-refractivity contribution in [1.29, 1.82) is 0 Å². The van der Waals surface area contributed by atoms with Crippen LogP contribution in [0.5, 0.6) is 5.75 Å². The highest BCUT2D eigenvalue weighted by atomic mass is 35.5. The molecule has 2 atom stereocenters. The van der Waals surface area contributed by atoms with Gasteiger partial charge in [0.25, 0.3) is 5.91 Å². The zero-order valence-corrected chi connectivity index (χ0v) is 37.9. The number of hydrogen-bond donors (Lipinski definition) is 1. The quantitative estimate of drug-likeness (QED) is 0.0453. The number of carbonyl (C=O) groups is 1. The van der Waals surface area contributed by atoms with Gasteiger partial charge in [-0.1, -0.05) is 162 Å². The molecule has 1 amide bonds. The second-order valence-electron chi connectivity index (χ2n) is 15.7. The number of hydrogen-bond acceptors (Lipinski definition) is 9. The number of aryl methyl sites for hydroxylation is 1. The van der Waals surface area contributed by atoms with Crippen LogP contribution in [0.1, 0.15) is 126 Å². The van der Waals surface area contributed by atoms with Crippen molar-refractivity contribution in [1.82, 2.24) is 20.2 Å². The molecule has 1 N–H and O–H groups in total. The Labute approximate surface area is 370 Å². The fourth-order valence-corrected chi connectivity index (χ4v) is 9.63. The van der Waals surface area contributed by atoms with Crippen molar-refractivity contribution in [2.24, 2.45) is 5.10 Å². The van der Waals surface area contributed by atoms with E-state index < -0.39 is 22.0 Å². The molecule has 1 aromatic heterocycles. The lowest BCUT2D eigenvalue weighted by atomic mass is 10.0. The van der Waals surface area contributed by atoms with Gasteiger partial charge in [0.15, 0.2) is 0 Å². The first-order valence-electron chi connectivity index (χ1n) is 21.7. The zero-order valence-electron chi connectivity index (χ0n) is 35.5. The standard InChI is InChI=1S/C47H58ClN7O4S2/c1-4-5-6-7-8-9-10-11-12-13-14-15-16-20-33-61(57,58)51-39-28-30-41(31-29-39)54-46(56)45(44(50-54)37-24-26-38(48)27-25-37)59-43-32-23-35(2)34-42(43)36(3)60-47-49-52-53-55(47)40-21-18-17-19-22-40/h17-19,21-32,34,36,45,51H,4-16,20,33H2,1-3H3. The van der Waals surface area contributed by atoms with Gasteiger partial charge in [0.05, 0.1) is 17.1 Å². The minimum Gasteiger partial charge on any atom is -0.474 e. The van der Waals surface area contributed by atoms with E-state index in [-0.39, 0.29) is 11.0 Å². The normalized spacial score (nSPS) is 14.6. The maximum atomic E-state index is 14.3. The smallest absolute Gasteiger partial charge is 0.294 e. The highest BCUT2D eigenvalue weighted by molar-refractivity contribution is 7.99. The lowest BCUT2D eigenvalue weighted by molar-refractivity contribution is -0.121. The number of amides is 1. The lowest BCUT2D eigenvalue weighted by Crippen LogP contribution is -2.37. The molecule has 324 valence electrons. The molecule has 11 nitrogen and oxygen atoms in total. The van der Waals surface area contributed by atoms with Crippen molar-refractivity contribution >= 4 is 56.4 Å². The van der Waals surface area contributed by atoms with E-state index in [1.165, 1.54) is 81.0 Å². The van der Waals surface area contributed by atoms with Gasteiger partial charge in [0.2, 0.25) is 21.3 Å². The summed E-state index contributed by atoms with van der Waals surface area (Å²) in [5.41, 5.74) is 4.71. The summed E-state index contributed by atoms with van der Waals surface area (Å²) in [6.07, 6.45) is 15.8. The Morgan fingerprint density at radius 2 is 1.41 bits per heavy atom. The number of aromatic nitrogens is 4. The summed E-state index contributed by atoms with van der Waals surface area (Å²) < 4.78 is 37.0. The summed E-state index contributed by atoms with van der Waals surface area (Å²) >= 11 is 7.72. The number of carbonyl (C=O) groups excluding carboxylic acids is 1. The van der Waals surface area contributed by atoms with E-state index in [2.05, 4.69) is 27.2 Å². The van der Waals surface area contributed by atoms with Crippen LogP contribution in [0.15, 0.2) is 107 Å². The first-order valence-corrected chi connectivity index (χ1v) is 24.6. The molecule has 5 aromatic rings. The van der Waals surface area contributed by atoms with Gasteiger partial charge >= 0.3 is 0 Å². The van der Waals surface area contributed by atoms with Crippen molar-refractivity contribution in [3.8, 4) is 11.4 Å². The summed E-state index contributed by atoms with van der Waals surface area (Å²) in [7, 11) is -3.54. The highest BCUT2D eigenvalue weighted by Gasteiger charge is 2.40. The molecule has 0 bridgehead atoms. The van der Waals surface area contributed by atoms with Crippen LogP contribution in [-0.4, -0.2) is 52.1 Å². The van der Waals surface area contributed by atoms with Gasteiger partial charge < -0.3 is 4.74 Å². The topological polar surface area (TPSA) is 132 Å². The van der Waals surface area contributed by atoms with Gasteiger partial charge in [0, 0.05) is 27.1 Å². The second-order valence-corrected chi connectivity index (χ2v) is 19.3. The summed E-state index contributed by atoms with van der Waals surface area (Å²) in [6, 6.07) is 29.3. The SMILES string of the molecule is CCCCCCCCCCCCCCCCS(=O)(=O)Nc1ccc(N2N=C(c3ccc(Cl)cc3)C(Oc3ccc(C)cc3C(C)Sc3nnnn3-c3ccccc3)C2=O)cc1. The molecular weight excluding hydrogens is 826 g/mol. The Kier molecular flexibility index (Phi) is 17.2. The number of anilines is 2. The number of benzene rings is 4. The molecule has 61 heavy (non-hydrogen) atoms. The zero-order chi connectivity index (χ0) is 43.0. The molecule has 0 radical (unpaired) electrons. The van der Waals surface area contributed by atoms with Crippen LogP contribution in [0.25, 0.3) is 5.69 Å². The van der Waals surface area contributed by atoms with Crippen LogP contribution in [-0.2, 0) is 14.8 Å². The first kappa shape index (κ1) is 45.8. The van der Waals surface area contributed by atoms with Gasteiger partial charge in [-0.3, -0.25) is 9.52 Å². The molecule has 1 aliphatic rings. The average Bonchev–Trinajstić information content (AvgIpc) is 3.85. The molecule has 0 spiro atoms. The number of tetrazole rings is 1. The van der Waals surface area contributed by atoms with Crippen LogP contribution < -0.4 is 14.5 Å². The van der Waals surface area contributed by atoms with E-state index in [9.17, 15) is 13.2 Å². The Balaban J connectivity index is 1.06. The van der Waals surface area contributed by atoms with Gasteiger partial charge in [-0.05, 0) is 85.3 Å². The largest absolute Gasteiger partial charge is 0.474 e. The Morgan fingerprint density at radius 3 is 2.05 bits per heavy atom. The van der Waals surface area contributed by atoms with Gasteiger partial charge in [0.1, 0.15) is 11.5 Å². The van der Waals surface area contributed by atoms with Crippen molar-refractivity contribution in [2.75, 3.05) is 15.5 Å². The van der Waals surface area contributed by atoms with E-state index in [4.69, 9.17) is 21.4 Å². The Bertz CT molecular complexity index is 2290. The predicted molar refractivity (Wildman–Crippen MR) is 249 cm³/mol. The third-order valence-corrected chi connectivity index (χ3v) is 13.5. The van der Waals surface area contributed by atoms with Crippen molar-refractivity contribution in [2.45, 2.75) is 127 Å². The number of halogens is 1. The summed E-state index contributed by atoms with van der Waals surface area (Å²) in [6.45, 7) is 6.30. The molecule has 2 unspecified atom stereocenters. The van der Waals surface area contributed by atoms with E-state index in [0.717, 1.165) is 36.1 Å². The third-order valence-electron chi connectivity index (χ3n) is 10.8. The van der Waals surface area contributed by atoms with Crippen molar-refractivity contribution in [3.05, 3.63) is 119 Å². The van der Waals surface area contributed by atoms with Crippen LogP contribution >= 0.6 is 23.4 Å². The van der Waals surface area contributed by atoms with E-state index in [1.54, 1.807) is 41.1 Å². The molecule has 0 aliphatic carbocycles. The molecular formula is C47H58ClN7O4S2. The average molecular weight is 885 g/mol. The summed E-state index contributed by atoms with van der Waals surface area (Å²) in [5, 5.41) is 19.5. The van der Waals surface area contributed by atoms with Crippen LogP contribution in [0, 0.1) is 6.92 Å². The van der Waals surface area contributed by atoms with E-state index >= 15 is 0 Å². The van der Waals surface area contributed by atoms with Crippen molar-refractivity contribution < 1.29 is 17.9 Å². The fourth-order valence-electron chi connectivity index (χ4n) is 7.37. The van der Waals surface area contributed by atoms with Crippen LogP contribution in [0.3, 0.4) is 0 Å². The van der Waals surface area contributed by atoms with Crippen LogP contribution in [0.4, 0.5) is 11.4 Å². The summed E-state index contributed by atoms with van der Waals surface area (Å²) in [5.74, 6) is 0.193. The van der Waals surface area contributed by atoms with Crippen LogP contribution in [0.2, 0.25) is 5.02 Å². The van der Waals surface area contributed by atoms with Crippen molar-refractivity contribution in [3.63, 3.8) is 0 Å². The van der Waals surface area contributed by atoms with E-state index in [1.807, 2.05) is 74.5 Å². The maximum absolute atomic E-state index is 14.3. The molecule has 14 heteroatoms. The van der Waals surface area contributed by atoms with Gasteiger partial charge in [-0.2, -0.15) is 14.8 Å². The predicted octanol–water partition coefficient (Wildman–Crippen LogP) is 11.9. The van der Waals surface area contributed by atoms with E-state index in [0.29, 0.717) is 45.0 Å². The number of rotatable bonds is 25. The number of nitrogens with zero attached hydrogens (tertiary/aromatic N) is 6. The molecule has 0 fully saturated rings. The minimum absolute atomic E-state index is 0.0628. The number of hydrazone groups is 1. The third kappa shape index (κ3) is 13.4. The number of nitrogens with one attached hydrogen (secondary N) is 1. The number of sulfonamides is 1. The number of thioether (sulfide) groups is 1. The molecule has 4 aromatic carbocycles. The van der Waals surface area contributed by atoms with Gasteiger partial charge in [-0.25, -0.2) is 8.42 Å². The summed E-state index contributed by atoms with van der Waals surface area (Å²) in [4.78, 5) is 14.3. The minimum atomic E-state index is -3.54. The first-order chi connectivity index (χ1) is 29.6. The fraction of sp³-hybridized carbons (Fsp3) is 0.426. The molecule has 6 rings (SSSR count). The number of unbranched alkanes of at least 4 members (excludes halogenated alkanes) is 13. The second kappa shape index (κ2) is 22.9. The highest BCUT2D eigenvalue weighted by Crippen LogP contribution is 2.40. The molecule has 0 saturated heterocycles. The van der Waals surface area contributed by atoms with Gasteiger partial charge in [-0.15, -0.1) is 5.10 Å². The monoisotopic (exact) mass is 883 g/mol. The number of para-hydroxylation sites is 1. The Hall–Kier alpha value is -4.72. The lowest BCUT2D eigenvalue weighted by Gasteiger charge is -2.21. The Morgan fingerprint density at radius 1 is 0.787 bits per heavy atom. The maximum Gasteiger partial charge on any atom is 0.294 e.